The summed E-state index contributed by atoms with van der Waals surface area (Å²) in [6, 6.07) is 13.7. The molecule has 6 nitrogen and oxygen atoms in total. The third kappa shape index (κ3) is 4.70. The smallest absolute Gasteiger partial charge is 0.255 e. The SMILES string of the molecule is CSc1ccc(NC(=O)c2cccc(S(=O)(=O)N3CCN(C)CC3)c2)cc1. The standard InChI is InChI=1S/C19H23N3O3S2/c1-21-10-12-22(13-11-21)27(24,25)18-5-3-4-15(14-18)19(23)20-16-6-8-17(26-2)9-7-16/h3-9,14H,10-13H2,1-2H3,(H,20,23). The predicted molar refractivity (Wildman–Crippen MR) is 109 cm³/mol. The highest BCUT2D eigenvalue weighted by atomic mass is 32.2. The van der Waals surface area contributed by atoms with E-state index in [9.17, 15) is 13.2 Å². The molecule has 1 heterocycles. The van der Waals surface area contributed by atoms with E-state index in [0.29, 0.717) is 37.4 Å². The van der Waals surface area contributed by atoms with E-state index in [4.69, 9.17) is 0 Å². The predicted octanol–water partition coefficient (Wildman–Crippen LogP) is 2.60. The summed E-state index contributed by atoms with van der Waals surface area (Å²) in [4.78, 5) is 15.9. The minimum atomic E-state index is -3.60. The molecule has 0 aliphatic carbocycles. The largest absolute Gasteiger partial charge is 0.322 e. The highest BCUT2D eigenvalue weighted by Crippen LogP contribution is 2.21. The van der Waals surface area contributed by atoms with E-state index in [0.717, 1.165) is 4.90 Å². The van der Waals surface area contributed by atoms with Gasteiger partial charge in [-0.3, -0.25) is 4.79 Å². The molecule has 144 valence electrons. The number of carbonyl (C=O) groups excluding carboxylic acids is 1. The molecule has 8 heteroatoms. The number of sulfonamides is 1. The number of thioether (sulfide) groups is 1. The van der Waals surface area contributed by atoms with E-state index in [1.165, 1.54) is 16.4 Å². The molecule has 0 bridgehead atoms. The number of nitrogens with one attached hydrogen (secondary N) is 1. The maximum absolute atomic E-state index is 12.9. The highest BCUT2D eigenvalue weighted by molar-refractivity contribution is 7.98. The maximum Gasteiger partial charge on any atom is 0.255 e. The van der Waals surface area contributed by atoms with Crippen molar-refractivity contribution in [2.24, 2.45) is 0 Å². The molecule has 1 saturated heterocycles. The van der Waals surface area contributed by atoms with Crippen molar-refractivity contribution in [3.8, 4) is 0 Å². The third-order valence-electron chi connectivity index (χ3n) is 4.54. The minimum absolute atomic E-state index is 0.150. The molecule has 0 spiro atoms. The molecular weight excluding hydrogens is 382 g/mol. The van der Waals surface area contributed by atoms with Gasteiger partial charge >= 0.3 is 0 Å². The van der Waals surface area contributed by atoms with Gasteiger partial charge in [0, 0.05) is 42.3 Å². The lowest BCUT2D eigenvalue weighted by molar-refractivity contribution is 0.102. The van der Waals surface area contributed by atoms with E-state index in [1.54, 1.807) is 23.9 Å². The lowest BCUT2D eigenvalue weighted by Crippen LogP contribution is -2.47. The van der Waals surface area contributed by atoms with Crippen LogP contribution < -0.4 is 5.32 Å². The lowest BCUT2D eigenvalue weighted by Gasteiger charge is -2.31. The fourth-order valence-corrected chi connectivity index (χ4v) is 4.73. The number of carbonyl (C=O) groups is 1. The Bertz CT molecular complexity index is 906. The first kappa shape index (κ1) is 19.9. The van der Waals surface area contributed by atoms with Crippen LogP contribution in [-0.2, 0) is 10.0 Å². The quantitative estimate of drug-likeness (QED) is 0.775. The number of nitrogens with zero attached hydrogens (tertiary/aromatic N) is 2. The van der Waals surface area contributed by atoms with Crippen molar-refractivity contribution in [1.82, 2.24) is 9.21 Å². The molecule has 27 heavy (non-hydrogen) atoms. The summed E-state index contributed by atoms with van der Waals surface area (Å²) in [6.45, 7) is 2.31. The van der Waals surface area contributed by atoms with Crippen LogP contribution in [0.5, 0.6) is 0 Å². The van der Waals surface area contributed by atoms with E-state index in [1.807, 2.05) is 37.6 Å². The molecule has 0 unspecified atom stereocenters. The van der Waals surface area contributed by atoms with Gasteiger partial charge in [0.1, 0.15) is 0 Å². The van der Waals surface area contributed by atoms with Crippen LogP contribution in [0.25, 0.3) is 0 Å². The molecular formula is C19H23N3O3S2. The minimum Gasteiger partial charge on any atom is -0.322 e. The van der Waals surface area contributed by atoms with Crippen LogP contribution in [0.15, 0.2) is 58.3 Å². The number of rotatable bonds is 5. The van der Waals surface area contributed by atoms with Gasteiger partial charge in [-0.05, 0) is 55.8 Å². The van der Waals surface area contributed by atoms with E-state index < -0.39 is 10.0 Å². The Labute approximate surface area is 164 Å². The fraction of sp³-hybridized carbons (Fsp3) is 0.316. The van der Waals surface area contributed by atoms with Gasteiger partial charge in [0.15, 0.2) is 0 Å². The van der Waals surface area contributed by atoms with Gasteiger partial charge in [0.05, 0.1) is 4.90 Å². The van der Waals surface area contributed by atoms with Crippen molar-refractivity contribution in [2.45, 2.75) is 9.79 Å². The first-order chi connectivity index (χ1) is 12.9. The monoisotopic (exact) mass is 405 g/mol. The Hall–Kier alpha value is -1.87. The Kier molecular flexibility index (Phi) is 6.21. The Morgan fingerprint density at radius 1 is 1.04 bits per heavy atom. The maximum atomic E-state index is 12.9. The van der Waals surface area contributed by atoms with E-state index >= 15 is 0 Å². The zero-order chi connectivity index (χ0) is 19.4. The summed E-state index contributed by atoms with van der Waals surface area (Å²) in [5, 5.41) is 2.81. The summed E-state index contributed by atoms with van der Waals surface area (Å²) in [6.07, 6.45) is 1.99. The number of amides is 1. The van der Waals surface area contributed by atoms with Crippen LogP contribution in [0.3, 0.4) is 0 Å². The number of anilines is 1. The van der Waals surface area contributed by atoms with Gasteiger partial charge in [-0.2, -0.15) is 4.31 Å². The second-order valence-corrected chi connectivity index (χ2v) is 9.24. The molecule has 0 radical (unpaired) electrons. The van der Waals surface area contributed by atoms with Gasteiger partial charge in [0.2, 0.25) is 10.0 Å². The topological polar surface area (TPSA) is 69.7 Å². The van der Waals surface area contributed by atoms with Crippen molar-refractivity contribution < 1.29 is 13.2 Å². The van der Waals surface area contributed by atoms with Gasteiger partial charge in [-0.25, -0.2) is 8.42 Å². The zero-order valence-corrected chi connectivity index (χ0v) is 17.0. The zero-order valence-electron chi connectivity index (χ0n) is 15.4. The van der Waals surface area contributed by atoms with Crippen LogP contribution >= 0.6 is 11.8 Å². The van der Waals surface area contributed by atoms with Crippen molar-refractivity contribution in [3.63, 3.8) is 0 Å². The van der Waals surface area contributed by atoms with Gasteiger partial charge in [-0.1, -0.05) is 6.07 Å². The average Bonchev–Trinajstić information content (AvgIpc) is 2.69. The Morgan fingerprint density at radius 3 is 2.33 bits per heavy atom. The molecule has 1 amide bonds. The fourth-order valence-electron chi connectivity index (χ4n) is 2.85. The number of hydrogen-bond acceptors (Lipinski definition) is 5. The number of piperazine rings is 1. The Balaban J connectivity index is 1.76. The molecule has 2 aromatic carbocycles. The molecule has 3 rings (SSSR count). The normalized spacial score (nSPS) is 16.2. The molecule has 0 aromatic heterocycles. The van der Waals surface area contributed by atoms with Gasteiger partial charge in [0.25, 0.3) is 5.91 Å². The average molecular weight is 406 g/mol. The molecule has 1 aliphatic heterocycles. The molecule has 0 atom stereocenters. The second-order valence-electron chi connectivity index (χ2n) is 6.42. The third-order valence-corrected chi connectivity index (χ3v) is 7.18. The van der Waals surface area contributed by atoms with Crippen molar-refractivity contribution in [3.05, 3.63) is 54.1 Å². The first-order valence-electron chi connectivity index (χ1n) is 8.64. The van der Waals surface area contributed by atoms with Gasteiger partial charge < -0.3 is 10.2 Å². The van der Waals surface area contributed by atoms with E-state index in [2.05, 4.69) is 10.2 Å². The van der Waals surface area contributed by atoms with Crippen molar-refractivity contribution >= 4 is 33.4 Å². The van der Waals surface area contributed by atoms with Crippen LogP contribution in [0, 0.1) is 0 Å². The molecule has 1 N–H and O–H groups in total. The van der Waals surface area contributed by atoms with Crippen LogP contribution in [-0.4, -0.2) is 63.0 Å². The van der Waals surface area contributed by atoms with Crippen LogP contribution in [0.2, 0.25) is 0 Å². The Morgan fingerprint density at radius 2 is 1.70 bits per heavy atom. The second kappa shape index (κ2) is 8.43. The van der Waals surface area contributed by atoms with Gasteiger partial charge in [-0.15, -0.1) is 11.8 Å². The van der Waals surface area contributed by atoms with Crippen LogP contribution in [0.1, 0.15) is 10.4 Å². The summed E-state index contributed by atoms with van der Waals surface area (Å²) < 4.78 is 27.2. The lowest BCUT2D eigenvalue weighted by atomic mass is 10.2. The number of benzene rings is 2. The molecule has 0 saturated carbocycles. The van der Waals surface area contributed by atoms with Crippen molar-refractivity contribution in [2.75, 3.05) is 44.8 Å². The summed E-state index contributed by atoms with van der Waals surface area (Å²) >= 11 is 1.62. The first-order valence-corrected chi connectivity index (χ1v) is 11.3. The highest BCUT2D eigenvalue weighted by Gasteiger charge is 2.27. The van der Waals surface area contributed by atoms with Crippen molar-refractivity contribution in [1.29, 1.82) is 0 Å². The summed E-state index contributed by atoms with van der Waals surface area (Å²) in [5.74, 6) is -0.331. The summed E-state index contributed by atoms with van der Waals surface area (Å²) in [5.41, 5.74) is 0.990. The number of likely N-dealkylation sites (N-methyl/N-ethyl adjacent to an activating group) is 1. The number of hydrogen-bond donors (Lipinski definition) is 1. The van der Waals surface area contributed by atoms with Crippen LogP contribution in [0.4, 0.5) is 5.69 Å². The molecule has 1 aliphatic rings. The summed E-state index contributed by atoms with van der Waals surface area (Å²) in [7, 11) is -1.63. The molecule has 1 fully saturated rings. The molecule has 2 aromatic rings. The van der Waals surface area contributed by atoms with E-state index in [-0.39, 0.29) is 10.8 Å².